The van der Waals surface area contributed by atoms with Crippen LogP contribution in [0.3, 0.4) is 0 Å². The van der Waals surface area contributed by atoms with Crippen molar-refractivity contribution < 1.29 is 4.79 Å². The van der Waals surface area contributed by atoms with Crippen LogP contribution in [0.5, 0.6) is 0 Å². The molecule has 0 bridgehead atoms. The molecule has 0 unspecified atom stereocenters. The molecule has 0 spiro atoms. The third kappa shape index (κ3) is 1.49. The van der Waals surface area contributed by atoms with Crippen LogP contribution in [0, 0.1) is 0 Å². The van der Waals surface area contributed by atoms with Crippen LogP contribution in [-0.4, -0.2) is 12.1 Å². The lowest BCUT2D eigenvalue weighted by Crippen LogP contribution is -2.17. The number of fused-ring (bicyclic) bond motifs is 1. The Morgan fingerprint density at radius 1 is 1.23 bits per heavy atom. The molecule has 1 aromatic carbocycles. The molecule has 1 aromatic rings. The van der Waals surface area contributed by atoms with E-state index in [4.69, 9.17) is 0 Å². The van der Waals surface area contributed by atoms with Gasteiger partial charge in [0.25, 0.3) is 5.91 Å². The Hall–Kier alpha value is -1.90. The number of allylic oxidation sites excluding steroid dienone is 1. The Morgan fingerprint density at radius 3 is 3.00 bits per heavy atom. The number of hydrogen-bond donors (Lipinski definition) is 1. The monoisotopic (exact) mass is 172 g/mol. The van der Waals surface area contributed by atoms with Crippen LogP contribution in [0.25, 0.3) is 0 Å². The normalized spacial score (nSPS) is 14.3. The van der Waals surface area contributed by atoms with Crippen molar-refractivity contribution in [3.63, 3.8) is 0 Å². The molecule has 1 N–H and O–H groups in total. The van der Waals surface area contributed by atoms with Crippen molar-refractivity contribution in [3.05, 3.63) is 42.1 Å². The van der Waals surface area contributed by atoms with Gasteiger partial charge >= 0.3 is 0 Å². The van der Waals surface area contributed by atoms with Gasteiger partial charge in [0.05, 0.1) is 11.3 Å². The van der Waals surface area contributed by atoms with E-state index in [0.29, 0.717) is 11.3 Å². The zero-order valence-electron chi connectivity index (χ0n) is 6.90. The molecule has 1 heterocycles. The van der Waals surface area contributed by atoms with Crippen LogP contribution in [0.1, 0.15) is 10.4 Å². The molecule has 13 heavy (non-hydrogen) atoms. The van der Waals surface area contributed by atoms with Gasteiger partial charge in [-0.25, -0.2) is 0 Å². The summed E-state index contributed by atoms with van der Waals surface area (Å²) in [4.78, 5) is 15.5. The molecule has 0 radical (unpaired) electrons. The average Bonchev–Trinajstić information content (AvgIpc) is 2.14. The van der Waals surface area contributed by atoms with Gasteiger partial charge in [-0.15, -0.1) is 0 Å². The van der Waals surface area contributed by atoms with Crippen LogP contribution in [0.15, 0.2) is 41.5 Å². The van der Waals surface area contributed by atoms with Gasteiger partial charge in [0.15, 0.2) is 0 Å². The van der Waals surface area contributed by atoms with Gasteiger partial charge in [-0.3, -0.25) is 9.79 Å². The largest absolute Gasteiger partial charge is 0.328 e. The number of aliphatic imine (C=N–C) groups is 1. The molecule has 0 atom stereocenters. The zero-order chi connectivity index (χ0) is 9.10. The van der Waals surface area contributed by atoms with E-state index in [1.165, 1.54) is 0 Å². The lowest BCUT2D eigenvalue weighted by Gasteiger charge is -2.05. The van der Waals surface area contributed by atoms with Crippen molar-refractivity contribution in [2.24, 2.45) is 4.99 Å². The summed E-state index contributed by atoms with van der Waals surface area (Å²) in [6, 6.07) is 7.24. The molecule has 1 aliphatic rings. The number of carbonyl (C=O) groups excluding carboxylic acids is 1. The maximum atomic E-state index is 11.4. The first-order valence-corrected chi connectivity index (χ1v) is 3.97. The summed E-state index contributed by atoms with van der Waals surface area (Å²) in [6.45, 7) is 0. The van der Waals surface area contributed by atoms with Crippen molar-refractivity contribution in [2.75, 3.05) is 0 Å². The molecule has 64 valence electrons. The number of benzene rings is 1. The van der Waals surface area contributed by atoms with Gasteiger partial charge in [-0.1, -0.05) is 12.1 Å². The average molecular weight is 172 g/mol. The Morgan fingerprint density at radius 2 is 2.08 bits per heavy atom. The minimum Gasteiger partial charge on any atom is -0.328 e. The Kier molecular flexibility index (Phi) is 1.92. The summed E-state index contributed by atoms with van der Waals surface area (Å²) in [5.41, 5.74) is 1.30. The highest BCUT2D eigenvalue weighted by atomic mass is 16.1. The molecule has 0 fully saturated rings. The summed E-state index contributed by atoms with van der Waals surface area (Å²) in [6.07, 6.45) is 4.91. The van der Waals surface area contributed by atoms with Crippen molar-refractivity contribution in [3.8, 4) is 0 Å². The Balaban J connectivity index is 2.55. The molecule has 0 aliphatic carbocycles. The molecule has 3 nitrogen and oxygen atoms in total. The van der Waals surface area contributed by atoms with E-state index in [2.05, 4.69) is 10.3 Å². The van der Waals surface area contributed by atoms with Crippen molar-refractivity contribution in [1.82, 2.24) is 5.32 Å². The number of hydrogen-bond acceptors (Lipinski definition) is 2. The molecule has 0 aromatic heterocycles. The minimum atomic E-state index is -0.122. The van der Waals surface area contributed by atoms with E-state index < -0.39 is 0 Å². The standard InChI is InChI=1S/C10H8N2O/c13-10-8-4-1-2-5-9(8)11-6-3-7-12-10/h1-7H,(H,12,13). The summed E-state index contributed by atoms with van der Waals surface area (Å²) < 4.78 is 0. The lowest BCUT2D eigenvalue weighted by atomic mass is 10.1. The van der Waals surface area contributed by atoms with Crippen molar-refractivity contribution >= 4 is 17.8 Å². The molecular formula is C10H8N2O. The van der Waals surface area contributed by atoms with E-state index >= 15 is 0 Å². The third-order valence-corrected chi connectivity index (χ3v) is 1.76. The first kappa shape index (κ1) is 7.73. The van der Waals surface area contributed by atoms with Gasteiger partial charge in [0.2, 0.25) is 0 Å². The van der Waals surface area contributed by atoms with Crippen LogP contribution in [0.4, 0.5) is 5.69 Å². The number of amides is 1. The fourth-order valence-electron chi connectivity index (χ4n) is 1.15. The maximum Gasteiger partial charge on any atom is 0.257 e. The molecule has 1 amide bonds. The lowest BCUT2D eigenvalue weighted by molar-refractivity contribution is 0.0971. The molecule has 2 rings (SSSR count). The second-order valence-corrected chi connectivity index (χ2v) is 2.63. The number of rotatable bonds is 0. The van der Waals surface area contributed by atoms with Gasteiger partial charge < -0.3 is 5.32 Å². The topological polar surface area (TPSA) is 41.5 Å². The minimum absolute atomic E-state index is 0.122. The molecule has 0 saturated carbocycles. The Bertz CT molecular complexity index is 394. The molecule has 3 heteroatoms. The van der Waals surface area contributed by atoms with E-state index in [1.807, 2.05) is 18.2 Å². The number of carbonyl (C=O) groups is 1. The van der Waals surface area contributed by atoms with Gasteiger partial charge in [0.1, 0.15) is 0 Å². The highest BCUT2D eigenvalue weighted by Gasteiger charge is 2.08. The second kappa shape index (κ2) is 3.23. The summed E-state index contributed by atoms with van der Waals surface area (Å²) in [5.74, 6) is -0.122. The third-order valence-electron chi connectivity index (χ3n) is 1.76. The fourth-order valence-corrected chi connectivity index (χ4v) is 1.15. The number of nitrogens with one attached hydrogen (secondary N) is 1. The zero-order valence-corrected chi connectivity index (χ0v) is 6.90. The predicted octanol–water partition coefficient (Wildman–Crippen LogP) is 1.65. The van der Waals surface area contributed by atoms with Crippen molar-refractivity contribution in [1.29, 1.82) is 0 Å². The predicted molar refractivity (Wildman–Crippen MR) is 51.2 cm³/mol. The van der Waals surface area contributed by atoms with Gasteiger partial charge in [-0.05, 0) is 18.2 Å². The van der Waals surface area contributed by atoms with Crippen LogP contribution < -0.4 is 5.32 Å². The SMILES string of the molecule is O=C1NC=CC=Nc2ccccc21. The summed E-state index contributed by atoms with van der Waals surface area (Å²) in [5, 5.41) is 2.63. The van der Waals surface area contributed by atoms with Gasteiger partial charge in [0, 0.05) is 12.4 Å². The van der Waals surface area contributed by atoms with Gasteiger partial charge in [-0.2, -0.15) is 0 Å². The second-order valence-electron chi connectivity index (χ2n) is 2.63. The van der Waals surface area contributed by atoms with E-state index in [9.17, 15) is 4.79 Å². The number of para-hydroxylation sites is 1. The highest BCUT2D eigenvalue weighted by Crippen LogP contribution is 2.18. The molecule has 0 saturated heterocycles. The van der Waals surface area contributed by atoms with E-state index in [1.54, 1.807) is 24.6 Å². The fraction of sp³-hybridized carbons (Fsp3) is 0. The quantitative estimate of drug-likeness (QED) is 0.635. The van der Waals surface area contributed by atoms with Crippen LogP contribution in [0.2, 0.25) is 0 Å². The maximum absolute atomic E-state index is 11.4. The first-order valence-electron chi connectivity index (χ1n) is 3.97. The smallest absolute Gasteiger partial charge is 0.257 e. The number of nitrogens with zero attached hydrogens (tertiary/aromatic N) is 1. The van der Waals surface area contributed by atoms with Crippen LogP contribution in [-0.2, 0) is 0 Å². The van der Waals surface area contributed by atoms with E-state index in [-0.39, 0.29) is 5.91 Å². The highest BCUT2D eigenvalue weighted by molar-refractivity contribution is 6.01. The molecule has 1 aliphatic heterocycles. The van der Waals surface area contributed by atoms with Crippen LogP contribution >= 0.6 is 0 Å². The van der Waals surface area contributed by atoms with Crippen molar-refractivity contribution in [2.45, 2.75) is 0 Å². The Labute approximate surface area is 75.8 Å². The summed E-state index contributed by atoms with van der Waals surface area (Å²) in [7, 11) is 0. The van der Waals surface area contributed by atoms with E-state index in [0.717, 1.165) is 0 Å². The molecular weight excluding hydrogens is 164 g/mol. The first-order chi connectivity index (χ1) is 6.38. The summed E-state index contributed by atoms with van der Waals surface area (Å²) >= 11 is 0.